The van der Waals surface area contributed by atoms with Gasteiger partial charge in [0.2, 0.25) is 0 Å². The maximum Gasteiger partial charge on any atom is 0.258 e. The highest BCUT2D eigenvalue weighted by Crippen LogP contribution is 2.19. The van der Waals surface area contributed by atoms with Gasteiger partial charge in [-0.25, -0.2) is 0 Å². The van der Waals surface area contributed by atoms with E-state index in [0.29, 0.717) is 5.39 Å². The highest BCUT2D eigenvalue weighted by Gasteiger charge is 2.04. The molecule has 0 bridgehead atoms. The number of phenolic OH excluding ortho intramolecular Hbond substituents is 1. The smallest absolute Gasteiger partial charge is 0.258 e. The molecule has 1 aromatic carbocycles. The molecule has 0 aliphatic heterocycles. The van der Waals surface area contributed by atoms with Gasteiger partial charge in [0, 0.05) is 13.2 Å². The fourth-order valence-electron chi connectivity index (χ4n) is 1.66. The predicted octanol–water partition coefficient (Wildman–Crippen LogP) is 1.55. The Morgan fingerprint density at radius 1 is 1.29 bits per heavy atom. The van der Waals surface area contributed by atoms with Gasteiger partial charge in [0.25, 0.3) is 5.56 Å². The molecule has 0 radical (unpaired) electrons. The van der Waals surface area contributed by atoms with Crippen LogP contribution in [-0.4, -0.2) is 9.67 Å². The van der Waals surface area contributed by atoms with Gasteiger partial charge in [0.15, 0.2) is 0 Å². The van der Waals surface area contributed by atoms with Gasteiger partial charge >= 0.3 is 0 Å². The Hall–Kier alpha value is -1.77. The van der Waals surface area contributed by atoms with Crippen molar-refractivity contribution in [1.29, 1.82) is 0 Å². The van der Waals surface area contributed by atoms with Crippen LogP contribution in [0.5, 0.6) is 5.75 Å². The second-order valence-electron chi connectivity index (χ2n) is 3.46. The van der Waals surface area contributed by atoms with E-state index in [2.05, 4.69) is 0 Å². The molecule has 1 N–H and O–H groups in total. The number of phenols is 1. The normalized spacial score (nSPS) is 10.7. The SMILES string of the molecule is Cc1cn(C)c(=O)c2cc(O)ccc12. The molecule has 0 spiro atoms. The second-order valence-corrected chi connectivity index (χ2v) is 3.46. The number of aromatic nitrogens is 1. The number of aromatic hydroxyl groups is 1. The van der Waals surface area contributed by atoms with Gasteiger partial charge in [-0.15, -0.1) is 0 Å². The van der Waals surface area contributed by atoms with Crippen molar-refractivity contribution >= 4 is 10.8 Å². The van der Waals surface area contributed by atoms with Gasteiger partial charge in [0.1, 0.15) is 5.75 Å². The number of hydrogen-bond acceptors (Lipinski definition) is 2. The first kappa shape index (κ1) is 8.81. The molecule has 1 heterocycles. The molecule has 0 aliphatic carbocycles. The molecule has 72 valence electrons. The Balaban J connectivity index is 3.03. The first-order chi connectivity index (χ1) is 6.59. The summed E-state index contributed by atoms with van der Waals surface area (Å²) in [6.07, 6.45) is 1.79. The summed E-state index contributed by atoms with van der Waals surface area (Å²) in [5.74, 6) is 0.125. The molecule has 0 atom stereocenters. The van der Waals surface area contributed by atoms with Gasteiger partial charge < -0.3 is 9.67 Å². The third kappa shape index (κ3) is 1.18. The van der Waals surface area contributed by atoms with E-state index in [1.807, 2.05) is 6.92 Å². The van der Waals surface area contributed by atoms with Crippen LogP contribution in [0.2, 0.25) is 0 Å². The fraction of sp³-hybridized carbons (Fsp3) is 0.182. The molecule has 0 unspecified atom stereocenters. The Bertz CT molecular complexity index is 555. The van der Waals surface area contributed by atoms with E-state index in [9.17, 15) is 9.90 Å². The number of hydrogen-bond donors (Lipinski definition) is 1. The summed E-state index contributed by atoms with van der Waals surface area (Å²) < 4.78 is 1.52. The third-order valence-corrected chi connectivity index (χ3v) is 2.37. The summed E-state index contributed by atoms with van der Waals surface area (Å²) >= 11 is 0. The van der Waals surface area contributed by atoms with Crippen molar-refractivity contribution < 1.29 is 5.11 Å². The van der Waals surface area contributed by atoms with Crippen molar-refractivity contribution in [3.63, 3.8) is 0 Å². The van der Waals surface area contributed by atoms with Crippen LogP contribution in [0.3, 0.4) is 0 Å². The van der Waals surface area contributed by atoms with Crippen LogP contribution < -0.4 is 5.56 Å². The average molecular weight is 189 g/mol. The Morgan fingerprint density at radius 2 is 2.00 bits per heavy atom. The zero-order valence-corrected chi connectivity index (χ0v) is 8.11. The van der Waals surface area contributed by atoms with Crippen LogP contribution in [0, 0.1) is 6.92 Å². The van der Waals surface area contributed by atoms with Crippen molar-refractivity contribution in [3.8, 4) is 5.75 Å². The Morgan fingerprint density at radius 3 is 2.71 bits per heavy atom. The Labute approximate surface area is 81.2 Å². The molecule has 14 heavy (non-hydrogen) atoms. The number of benzene rings is 1. The maximum absolute atomic E-state index is 11.7. The molecule has 0 amide bonds. The predicted molar refractivity (Wildman–Crippen MR) is 55.6 cm³/mol. The van der Waals surface area contributed by atoms with Crippen molar-refractivity contribution in [2.75, 3.05) is 0 Å². The van der Waals surface area contributed by atoms with Crippen LogP contribution >= 0.6 is 0 Å². The Kier molecular flexibility index (Phi) is 1.81. The van der Waals surface area contributed by atoms with Crippen molar-refractivity contribution in [2.45, 2.75) is 6.92 Å². The van der Waals surface area contributed by atoms with E-state index >= 15 is 0 Å². The van der Waals surface area contributed by atoms with Gasteiger partial charge in [0.05, 0.1) is 5.39 Å². The first-order valence-electron chi connectivity index (χ1n) is 4.38. The van der Waals surface area contributed by atoms with E-state index in [4.69, 9.17) is 0 Å². The highest BCUT2D eigenvalue weighted by atomic mass is 16.3. The van der Waals surface area contributed by atoms with E-state index in [0.717, 1.165) is 10.9 Å². The summed E-state index contributed by atoms with van der Waals surface area (Å²) in [7, 11) is 1.71. The van der Waals surface area contributed by atoms with E-state index in [1.54, 1.807) is 25.4 Å². The molecule has 0 aliphatic rings. The van der Waals surface area contributed by atoms with Crippen LogP contribution in [0.15, 0.2) is 29.2 Å². The third-order valence-electron chi connectivity index (χ3n) is 2.37. The molecule has 0 saturated heterocycles. The minimum atomic E-state index is -0.0819. The lowest BCUT2D eigenvalue weighted by Gasteiger charge is -2.05. The highest BCUT2D eigenvalue weighted by molar-refractivity contribution is 5.85. The molecule has 0 saturated carbocycles. The molecule has 1 aromatic heterocycles. The summed E-state index contributed by atoms with van der Waals surface area (Å²) in [6, 6.07) is 4.86. The van der Waals surface area contributed by atoms with Gasteiger partial charge in [-0.05, 0) is 30.0 Å². The van der Waals surface area contributed by atoms with Crippen LogP contribution in [-0.2, 0) is 7.05 Å². The van der Waals surface area contributed by atoms with Gasteiger partial charge in [-0.2, -0.15) is 0 Å². The lowest BCUT2D eigenvalue weighted by molar-refractivity contribution is 0.476. The standard InChI is InChI=1S/C11H11NO2/c1-7-6-12(2)11(14)10-5-8(13)3-4-9(7)10/h3-6,13H,1-2H3. The minimum absolute atomic E-state index is 0.0819. The molecule has 3 nitrogen and oxygen atoms in total. The number of pyridine rings is 1. The first-order valence-corrected chi connectivity index (χ1v) is 4.38. The lowest BCUT2D eigenvalue weighted by Crippen LogP contribution is -2.16. The zero-order valence-electron chi connectivity index (χ0n) is 8.11. The topological polar surface area (TPSA) is 42.2 Å². The van der Waals surface area contributed by atoms with Crippen LogP contribution in [0.25, 0.3) is 10.8 Å². The average Bonchev–Trinajstić information content (AvgIpc) is 2.14. The van der Waals surface area contributed by atoms with Gasteiger partial charge in [-0.3, -0.25) is 4.79 Å². The van der Waals surface area contributed by atoms with Crippen LogP contribution in [0.4, 0.5) is 0 Å². The van der Waals surface area contributed by atoms with Crippen molar-refractivity contribution in [2.24, 2.45) is 7.05 Å². The quantitative estimate of drug-likeness (QED) is 0.683. The largest absolute Gasteiger partial charge is 0.508 e. The number of aryl methyl sites for hydroxylation is 2. The zero-order chi connectivity index (χ0) is 10.3. The molecule has 2 aromatic rings. The lowest BCUT2D eigenvalue weighted by atomic mass is 10.1. The fourth-order valence-corrected chi connectivity index (χ4v) is 1.66. The van der Waals surface area contributed by atoms with E-state index < -0.39 is 0 Å². The molecule has 0 fully saturated rings. The van der Waals surface area contributed by atoms with Gasteiger partial charge in [-0.1, -0.05) is 6.07 Å². The van der Waals surface area contributed by atoms with Crippen molar-refractivity contribution in [1.82, 2.24) is 4.57 Å². The maximum atomic E-state index is 11.7. The minimum Gasteiger partial charge on any atom is -0.508 e. The molecular weight excluding hydrogens is 178 g/mol. The summed E-state index contributed by atoms with van der Waals surface area (Å²) in [4.78, 5) is 11.7. The molecule has 3 heteroatoms. The van der Waals surface area contributed by atoms with Crippen molar-refractivity contribution in [3.05, 3.63) is 40.3 Å². The van der Waals surface area contributed by atoms with E-state index in [-0.39, 0.29) is 11.3 Å². The van der Waals surface area contributed by atoms with Crippen LogP contribution in [0.1, 0.15) is 5.56 Å². The molecule has 2 rings (SSSR count). The number of fused-ring (bicyclic) bond motifs is 1. The number of rotatable bonds is 0. The second kappa shape index (κ2) is 2.87. The summed E-state index contributed by atoms with van der Waals surface area (Å²) in [5, 5.41) is 10.7. The summed E-state index contributed by atoms with van der Waals surface area (Å²) in [6.45, 7) is 1.94. The summed E-state index contributed by atoms with van der Waals surface area (Å²) in [5.41, 5.74) is 0.948. The molecular formula is C11H11NO2. The monoisotopic (exact) mass is 189 g/mol. The number of nitrogens with zero attached hydrogens (tertiary/aromatic N) is 1. The van der Waals surface area contributed by atoms with E-state index in [1.165, 1.54) is 10.6 Å².